The molecule has 0 spiro atoms. The maximum atomic E-state index is 12.4. The number of hydrogen-bond acceptors (Lipinski definition) is 2. The Balaban J connectivity index is 2.05. The van der Waals surface area contributed by atoms with Crippen LogP contribution in [0.25, 0.3) is 0 Å². The Bertz CT molecular complexity index is 478. The molecule has 96 valence electrons. The van der Waals surface area contributed by atoms with E-state index in [4.69, 9.17) is 5.26 Å². The van der Waals surface area contributed by atoms with Gasteiger partial charge >= 0.3 is 0 Å². The van der Waals surface area contributed by atoms with Crippen molar-refractivity contribution in [2.75, 3.05) is 0 Å². The molecule has 1 aliphatic carbocycles. The van der Waals surface area contributed by atoms with Crippen LogP contribution in [-0.4, -0.2) is 9.46 Å². The van der Waals surface area contributed by atoms with E-state index in [2.05, 4.69) is 12.1 Å². The van der Waals surface area contributed by atoms with Crippen LogP contribution in [0, 0.1) is 24.2 Å². The first kappa shape index (κ1) is 13.3. The van der Waals surface area contributed by atoms with Gasteiger partial charge in [0.15, 0.2) is 0 Å². The Morgan fingerprint density at radius 1 is 1.39 bits per heavy atom. The van der Waals surface area contributed by atoms with Gasteiger partial charge < -0.3 is 0 Å². The van der Waals surface area contributed by atoms with Gasteiger partial charge in [0.1, 0.15) is 0 Å². The van der Waals surface area contributed by atoms with Gasteiger partial charge in [-0.15, -0.1) is 0 Å². The topological polar surface area (TPSA) is 40.9 Å². The van der Waals surface area contributed by atoms with E-state index in [0.717, 1.165) is 31.2 Å². The molecule has 1 fully saturated rings. The number of aryl methyl sites for hydroxylation is 1. The molecule has 3 atom stereocenters. The molecule has 0 aliphatic heterocycles. The Hall–Kier alpha value is -1.14. The molecule has 1 saturated carbocycles. The van der Waals surface area contributed by atoms with Crippen molar-refractivity contribution in [3.63, 3.8) is 0 Å². The van der Waals surface area contributed by atoms with Gasteiger partial charge in [-0.3, -0.25) is 4.21 Å². The zero-order chi connectivity index (χ0) is 13.0. The zero-order valence-corrected chi connectivity index (χ0v) is 11.6. The molecule has 1 aromatic carbocycles. The summed E-state index contributed by atoms with van der Waals surface area (Å²) in [6.07, 6.45) is 4.08. The third-order valence-corrected chi connectivity index (χ3v) is 5.45. The van der Waals surface area contributed by atoms with E-state index in [9.17, 15) is 4.21 Å². The molecule has 3 unspecified atom stereocenters. The molecule has 0 saturated heterocycles. The van der Waals surface area contributed by atoms with Gasteiger partial charge in [-0.1, -0.05) is 42.7 Å². The largest absolute Gasteiger partial charge is 0.259 e. The number of nitriles is 1. The minimum absolute atomic E-state index is 0.00982. The molecule has 0 radical (unpaired) electrons. The molecule has 2 nitrogen and oxygen atoms in total. The van der Waals surface area contributed by atoms with Gasteiger partial charge in [-0.25, -0.2) is 0 Å². The normalized spacial score (nSPS) is 25.3. The first-order chi connectivity index (χ1) is 8.70. The monoisotopic (exact) mass is 261 g/mol. The summed E-state index contributed by atoms with van der Waals surface area (Å²) in [4.78, 5) is 0. The lowest BCUT2D eigenvalue weighted by atomic mass is 9.90. The standard InChI is InChI=1S/C15H19NOS/c1-12-5-4-6-13(9-12)11-18(17)15-8-3-2-7-14(15)10-16/h4-6,9,14-15H,2-3,7-8,11H2,1H3. The van der Waals surface area contributed by atoms with Crippen molar-refractivity contribution in [1.82, 2.24) is 0 Å². The molecule has 0 amide bonds. The summed E-state index contributed by atoms with van der Waals surface area (Å²) in [5.74, 6) is 0.578. The summed E-state index contributed by atoms with van der Waals surface area (Å²) in [7, 11) is -0.918. The summed E-state index contributed by atoms with van der Waals surface area (Å²) >= 11 is 0. The highest BCUT2D eigenvalue weighted by atomic mass is 32.2. The number of hydrogen-bond donors (Lipinski definition) is 0. The van der Waals surface area contributed by atoms with E-state index < -0.39 is 10.8 Å². The predicted octanol–water partition coefficient (Wildman–Crippen LogP) is 3.33. The van der Waals surface area contributed by atoms with E-state index in [-0.39, 0.29) is 11.2 Å². The minimum Gasteiger partial charge on any atom is -0.259 e. The Kier molecular flexibility index (Phi) is 4.54. The highest BCUT2D eigenvalue weighted by molar-refractivity contribution is 7.84. The lowest BCUT2D eigenvalue weighted by Crippen LogP contribution is -2.28. The molecular weight excluding hydrogens is 242 g/mol. The molecule has 3 heteroatoms. The van der Waals surface area contributed by atoms with Crippen molar-refractivity contribution in [3.8, 4) is 6.07 Å². The molecule has 1 aromatic rings. The third-order valence-electron chi connectivity index (χ3n) is 3.60. The zero-order valence-electron chi connectivity index (χ0n) is 10.8. The van der Waals surface area contributed by atoms with Crippen molar-refractivity contribution >= 4 is 10.8 Å². The second-order valence-corrected chi connectivity index (χ2v) is 6.73. The fraction of sp³-hybridized carbons (Fsp3) is 0.533. The van der Waals surface area contributed by atoms with Gasteiger partial charge in [0, 0.05) is 16.6 Å². The van der Waals surface area contributed by atoms with Crippen LogP contribution in [0.2, 0.25) is 0 Å². The van der Waals surface area contributed by atoms with Crippen LogP contribution in [-0.2, 0) is 16.6 Å². The van der Waals surface area contributed by atoms with E-state index in [0.29, 0.717) is 5.75 Å². The van der Waals surface area contributed by atoms with Gasteiger partial charge in [-0.2, -0.15) is 5.26 Å². The lowest BCUT2D eigenvalue weighted by molar-refractivity contribution is 0.431. The molecular formula is C15H19NOS. The second kappa shape index (κ2) is 6.15. The minimum atomic E-state index is -0.918. The quantitative estimate of drug-likeness (QED) is 0.837. The fourth-order valence-corrected chi connectivity index (χ4v) is 4.35. The van der Waals surface area contributed by atoms with Gasteiger partial charge in [0.2, 0.25) is 0 Å². The molecule has 1 aliphatic rings. The van der Waals surface area contributed by atoms with Crippen molar-refractivity contribution in [1.29, 1.82) is 5.26 Å². The van der Waals surface area contributed by atoms with Crippen LogP contribution < -0.4 is 0 Å². The van der Waals surface area contributed by atoms with Crippen molar-refractivity contribution < 1.29 is 4.21 Å². The molecule has 2 rings (SSSR count). The average Bonchev–Trinajstić information content (AvgIpc) is 2.38. The first-order valence-electron chi connectivity index (χ1n) is 6.53. The Labute approximate surface area is 111 Å². The molecule has 18 heavy (non-hydrogen) atoms. The summed E-state index contributed by atoms with van der Waals surface area (Å²) in [6, 6.07) is 10.5. The van der Waals surface area contributed by atoms with Crippen molar-refractivity contribution in [3.05, 3.63) is 35.4 Å². The Morgan fingerprint density at radius 2 is 2.17 bits per heavy atom. The van der Waals surface area contributed by atoms with Crippen LogP contribution in [0.5, 0.6) is 0 Å². The summed E-state index contributed by atoms with van der Waals surface area (Å²) in [5, 5.41) is 9.21. The van der Waals surface area contributed by atoms with Crippen molar-refractivity contribution in [2.45, 2.75) is 43.6 Å². The predicted molar refractivity (Wildman–Crippen MR) is 74.4 cm³/mol. The Morgan fingerprint density at radius 3 is 2.89 bits per heavy atom. The van der Waals surface area contributed by atoms with Crippen LogP contribution in [0.1, 0.15) is 36.8 Å². The number of rotatable bonds is 3. The van der Waals surface area contributed by atoms with E-state index >= 15 is 0 Å². The lowest BCUT2D eigenvalue weighted by Gasteiger charge is -2.25. The highest BCUT2D eigenvalue weighted by Gasteiger charge is 2.29. The number of benzene rings is 1. The summed E-state index contributed by atoms with van der Waals surface area (Å²) < 4.78 is 12.4. The summed E-state index contributed by atoms with van der Waals surface area (Å²) in [5.41, 5.74) is 2.32. The molecule has 0 heterocycles. The number of nitrogens with zero attached hydrogens (tertiary/aromatic N) is 1. The maximum Gasteiger partial charge on any atom is 0.0668 e. The SMILES string of the molecule is Cc1cccc(CS(=O)C2CCCCC2C#N)c1. The third kappa shape index (κ3) is 3.20. The van der Waals surface area contributed by atoms with Crippen LogP contribution >= 0.6 is 0 Å². The van der Waals surface area contributed by atoms with Crippen molar-refractivity contribution in [2.24, 2.45) is 5.92 Å². The van der Waals surface area contributed by atoms with Gasteiger partial charge in [-0.05, 0) is 25.3 Å². The van der Waals surface area contributed by atoms with Crippen LogP contribution in [0.15, 0.2) is 24.3 Å². The van der Waals surface area contributed by atoms with Gasteiger partial charge in [0.25, 0.3) is 0 Å². The molecule has 0 bridgehead atoms. The maximum absolute atomic E-state index is 12.4. The molecule has 0 aromatic heterocycles. The van der Waals surface area contributed by atoms with E-state index in [1.165, 1.54) is 5.56 Å². The van der Waals surface area contributed by atoms with Crippen LogP contribution in [0.4, 0.5) is 0 Å². The molecule has 0 N–H and O–H groups in total. The average molecular weight is 261 g/mol. The van der Waals surface area contributed by atoms with Crippen LogP contribution in [0.3, 0.4) is 0 Å². The van der Waals surface area contributed by atoms with E-state index in [1.807, 2.05) is 25.1 Å². The first-order valence-corrected chi connectivity index (χ1v) is 7.91. The van der Waals surface area contributed by atoms with E-state index in [1.54, 1.807) is 0 Å². The second-order valence-electron chi connectivity index (χ2n) is 5.07. The smallest absolute Gasteiger partial charge is 0.0668 e. The summed E-state index contributed by atoms with van der Waals surface area (Å²) in [6.45, 7) is 2.05. The highest BCUT2D eigenvalue weighted by Crippen LogP contribution is 2.29. The van der Waals surface area contributed by atoms with Gasteiger partial charge in [0.05, 0.1) is 17.2 Å². The fourth-order valence-electron chi connectivity index (χ4n) is 2.63.